The summed E-state index contributed by atoms with van der Waals surface area (Å²) in [6.45, 7) is 0.257. The van der Waals surface area contributed by atoms with Crippen LogP contribution in [0.25, 0.3) is 11.7 Å². The average molecular weight is 292 g/mol. The average Bonchev–Trinajstić information content (AvgIpc) is 3.16. The van der Waals surface area contributed by atoms with Gasteiger partial charge in [-0.05, 0) is 37.8 Å². The lowest BCUT2D eigenvalue weighted by molar-refractivity contribution is -0.143. The Bertz CT molecular complexity index is 584. The van der Waals surface area contributed by atoms with Gasteiger partial charge in [0.2, 0.25) is 0 Å². The highest BCUT2D eigenvalue weighted by Gasteiger charge is 2.26. The molecule has 0 atom stereocenters. The third kappa shape index (κ3) is 3.30. The van der Waals surface area contributed by atoms with Gasteiger partial charge in [0.05, 0.1) is 18.3 Å². The lowest BCUT2D eigenvalue weighted by Crippen LogP contribution is -2.26. The summed E-state index contributed by atoms with van der Waals surface area (Å²) in [6, 6.07) is 3.49. The fourth-order valence-electron chi connectivity index (χ4n) is 2.48. The third-order valence-electron chi connectivity index (χ3n) is 3.67. The van der Waals surface area contributed by atoms with Crippen LogP contribution in [0.15, 0.2) is 27.3 Å². The molecule has 0 saturated heterocycles. The van der Waals surface area contributed by atoms with E-state index in [1.54, 1.807) is 12.1 Å². The van der Waals surface area contributed by atoms with Crippen LogP contribution < -0.4 is 0 Å². The van der Waals surface area contributed by atoms with Crippen molar-refractivity contribution in [2.45, 2.75) is 38.4 Å². The minimum atomic E-state index is -0.713. The summed E-state index contributed by atoms with van der Waals surface area (Å²) in [5.74, 6) is 0.362. The third-order valence-corrected chi connectivity index (χ3v) is 3.67. The molecule has 1 aliphatic carbocycles. The minimum absolute atomic E-state index is 0.0613. The molecule has 0 spiro atoms. The topological polar surface area (TPSA) is 98.6 Å². The van der Waals surface area contributed by atoms with Crippen molar-refractivity contribution in [3.8, 4) is 11.7 Å². The van der Waals surface area contributed by atoms with Crippen molar-refractivity contribution in [2.24, 2.45) is 5.92 Å². The first-order chi connectivity index (χ1) is 10.2. The van der Waals surface area contributed by atoms with Crippen molar-refractivity contribution in [1.29, 1.82) is 0 Å². The van der Waals surface area contributed by atoms with Crippen molar-refractivity contribution in [1.82, 2.24) is 10.1 Å². The van der Waals surface area contributed by atoms with Crippen LogP contribution in [0, 0.1) is 5.92 Å². The van der Waals surface area contributed by atoms with Gasteiger partial charge in [0, 0.05) is 0 Å². The molecule has 0 amide bonds. The fraction of sp³-hybridized carbons (Fsp3) is 0.500. The molecule has 7 nitrogen and oxygen atoms in total. The Morgan fingerprint density at radius 3 is 2.86 bits per heavy atom. The van der Waals surface area contributed by atoms with E-state index in [9.17, 15) is 4.79 Å². The standard InChI is InChI=1S/C14H16N2O5/c17-14(18)9-3-5-10(6-4-9)20-8-12-15-13(21-16-12)11-2-1-7-19-11/h1-2,7,9-10H,3-6,8H2,(H,17,18). The largest absolute Gasteiger partial charge is 0.481 e. The molecule has 7 heteroatoms. The molecule has 1 fully saturated rings. The zero-order valence-electron chi connectivity index (χ0n) is 11.4. The molecule has 1 saturated carbocycles. The number of furan rings is 1. The van der Waals surface area contributed by atoms with E-state index in [-0.39, 0.29) is 18.6 Å². The number of carboxylic acids is 1. The van der Waals surface area contributed by atoms with Gasteiger partial charge in [-0.2, -0.15) is 4.98 Å². The number of rotatable bonds is 5. The Labute approximate surface area is 120 Å². The first kappa shape index (κ1) is 13.8. The molecular weight excluding hydrogens is 276 g/mol. The van der Waals surface area contributed by atoms with Crippen LogP contribution >= 0.6 is 0 Å². The molecule has 0 unspecified atom stereocenters. The minimum Gasteiger partial charge on any atom is -0.481 e. The van der Waals surface area contributed by atoms with Gasteiger partial charge < -0.3 is 18.8 Å². The van der Waals surface area contributed by atoms with E-state index in [1.165, 1.54) is 6.26 Å². The lowest BCUT2D eigenvalue weighted by atomic mass is 9.87. The Hall–Kier alpha value is -2.15. The molecular formula is C14H16N2O5. The van der Waals surface area contributed by atoms with Gasteiger partial charge in [0.25, 0.3) is 5.89 Å². The molecule has 0 aromatic carbocycles. The fourth-order valence-corrected chi connectivity index (χ4v) is 2.48. The number of hydrogen-bond acceptors (Lipinski definition) is 6. The zero-order chi connectivity index (χ0) is 14.7. The second kappa shape index (κ2) is 6.09. The summed E-state index contributed by atoms with van der Waals surface area (Å²) < 4.78 is 16.0. The van der Waals surface area contributed by atoms with Crippen LogP contribution in [0.4, 0.5) is 0 Å². The Morgan fingerprint density at radius 2 is 2.19 bits per heavy atom. The van der Waals surface area contributed by atoms with Crippen LogP contribution in [-0.2, 0) is 16.1 Å². The second-order valence-electron chi connectivity index (χ2n) is 5.12. The molecule has 2 heterocycles. The van der Waals surface area contributed by atoms with Crippen LogP contribution in [0.2, 0.25) is 0 Å². The van der Waals surface area contributed by atoms with Gasteiger partial charge in [-0.1, -0.05) is 5.16 Å². The SMILES string of the molecule is O=C(O)C1CCC(OCc2noc(-c3ccco3)n2)CC1. The maximum atomic E-state index is 10.9. The first-order valence-electron chi connectivity index (χ1n) is 6.93. The Morgan fingerprint density at radius 1 is 1.38 bits per heavy atom. The van der Waals surface area contributed by atoms with Crippen molar-refractivity contribution >= 4 is 5.97 Å². The van der Waals surface area contributed by atoms with Crippen molar-refractivity contribution < 1.29 is 23.6 Å². The van der Waals surface area contributed by atoms with Crippen molar-refractivity contribution in [3.05, 3.63) is 24.2 Å². The van der Waals surface area contributed by atoms with E-state index in [2.05, 4.69) is 10.1 Å². The van der Waals surface area contributed by atoms with E-state index < -0.39 is 5.97 Å². The summed E-state index contributed by atoms with van der Waals surface area (Å²) >= 11 is 0. The van der Waals surface area contributed by atoms with Crippen molar-refractivity contribution in [3.63, 3.8) is 0 Å². The molecule has 1 aliphatic rings. The second-order valence-corrected chi connectivity index (χ2v) is 5.12. The van der Waals surface area contributed by atoms with Gasteiger partial charge in [-0.3, -0.25) is 4.79 Å². The van der Waals surface area contributed by atoms with Crippen LogP contribution in [0.3, 0.4) is 0 Å². The first-order valence-corrected chi connectivity index (χ1v) is 6.93. The maximum Gasteiger partial charge on any atom is 0.306 e. The number of nitrogens with zero attached hydrogens (tertiary/aromatic N) is 2. The summed E-state index contributed by atoms with van der Waals surface area (Å²) in [5.41, 5.74) is 0. The Balaban J connectivity index is 1.49. The van der Waals surface area contributed by atoms with E-state index in [0.717, 1.165) is 12.8 Å². The molecule has 2 aromatic heterocycles. The summed E-state index contributed by atoms with van der Waals surface area (Å²) in [6.07, 6.45) is 4.41. The molecule has 21 heavy (non-hydrogen) atoms. The molecule has 112 valence electrons. The van der Waals surface area contributed by atoms with Gasteiger partial charge in [-0.15, -0.1) is 0 Å². The summed E-state index contributed by atoms with van der Waals surface area (Å²) in [4.78, 5) is 15.1. The van der Waals surface area contributed by atoms with Gasteiger partial charge in [0.15, 0.2) is 11.6 Å². The molecule has 0 aliphatic heterocycles. The van der Waals surface area contributed by atoms with Gasteiger partial charge in [-0.25, -0.2) is 0 Å². The number of aliphatic carboxylic acids is 1. The van der Waals surface area contributed by atoms with Crippen LogP contribution in [-0.4, -0.2) is 27.3 Å². The number of carboxylic acid groups (broad SMARTS) is 1. The molecule has 2 aromatic rings. The monoisotopic (exact) mass is 292 g/mol. The zero-order valence-corrected chi connectivity index (χ0v) is 11.4. The predicted octanol–water partition coefficient (Wildman–Crippen LogP) is 2.49. The van der Waals surface area contributed by atoms with Gasteiger partial charge >= 0.3 is 5.97 Å². The molecule has 0 radical (unpaired) electrons. The predicted molar refractivity (Wildman–Crippen MR) is 70.2 cm³/mol. The van der Waals surface area contributed by atoms with E-state index in [1.807, 2.05) is 0 Å². The maximum absolute atomic E-state index is 10.9. The number of carbonyl (C=O) groups is 1. The highest BCUT2D eigenvalue weighted by Crippen LogP contribution is 2.27. The van der Waals surface area contributed by atoms with E-state index in [0.29, 0.717) is 30.3 Å². The van der Waals surface area contributed by atoms with E-state index in [4.69, 9.17) is 18.8 Å². The van der Waals surface area contributed by atoms with E-state index >= 15 is 0 Å². The highest BCUT2D eigenvalue weighted by atomic mass is 16.5. The molecule has 0 bridgehead atoms. The Kier molecular flexibility index (Phi) is 4.01. The normalized spacial score (nSPS) is 22.3. The summed E-state index contributed by atoms with van der Waals surface area (Å²) in [7, 11) is 0. The van der Waals surface area contributed by atoms with Crippen LogP contribution in [0.1, 0.15) is 31.5 Å². The summed E-state index contributed by atoms with van der Waals surface area (Å²) in [5, 5.41) is 12.8. The number of aromatic nitrogens is 2. The quantitative estimate of drug-likeness (QED) is 0.903. The molecule has 3 rings (SSSR count). The molecule has 1 N–H and O–H groups in total. The smallest absolute Gasteiger partial charge is 0.306 e. The number of hydrogen-bond donors (Lipinski definition) is 1. The van der Waals surface area contributed by atoms with Gasteiger partial charge in [0.1, 0.15) is 6.61 Å². The van der Waals surface area contributed by atoms with Crippen molar-refractivity contribution in [2.75, 3.05) is 0 Å². The lowest BCUT2D eigenvalue weighted by Gasteiger charge is -2.25. The number of ether oxygens (including phenoxy) is 1. The van der Waals surface area contributed by atoms with Crippen LogP contribution in [0.5, 0.6) is 0 Å². The highest BCUT2D eigenvalue weighted by molar-refractivity contribution is 5.70.